The largest absolute Gasteiger partial charge is 0.383 e. The number of rotatable bonds is 7. The van der Waals surface area contributed by atoms with Gasteiger partial charge in [-0.15, -0.1) is 0 Å². The number of nitrogen functional groups attached to an aromatic ring is 1. The van der Waals surface area contributed by atoms with Crippen LogP contribution in [0.4, 0.5) is 11.5 Å². The van der Waals surface area contributed by atoms with Crippen LogP contribution in [0.25, 0.3) is 0 Å². The van der Waals surface area contributed by atoms with Crippen molar-refractivity contribution in [1.29, 1.82) is 0 Å². The topological polar surface area (TPSA) is 92.9 Å². The summed E-state index contributed by atoms with van der Waals surface area (Å²) in [6.45, 7) is 8.77. The van der Waals surface area contributed by atoms with Gasteiger partial charge in [-0.2, -0.15) is 0 Å². The van der Waals surface area contributed by atoms with E-state index >= 15 is 0 Å². The van der Waals surface area contributed by atoms with Crippen molar-refractivity contribution in [2.45, 2.75) is 59.5 Å². The molecule has 114 valence electrons. The third kappa shape index (κ3) is 3.88. The Kier molecular flexibility index (Phi) is 5.85. The molecule has 2 unspecified atom stereocenters. The normalized spacial score (nSPS) is 14.0. The van der Waals surface area contributed by atoms with Crippen LogP contribution in [0.5, 0.6) is 0 Å². The zero-order chi connectivity index (χ0) is 15.3. The van der Waals surface area contributed by atoms with Crippen LogP contribution < -0.4 is 22.3 Å². The minimum atomic E-state index is -0.450. The molecule has 6 nitrogen and oxygen atoms in total. The van der Waals surface area contributed by atoms with Crippen molar-refractivity contribution in [1.82, 2.24) is 9.55 Å². The number of aromatic nitrogens is 2. The Bertz CT molecular complexity index is 547. The van der Waals surface area contributed by atoms with E-state index in [1.165, 1.54) is 4.57 Å². The van der Waals surface area contributed by atoms with Crippen molar-refractivity contribution in [3.8, 4) is 0 Å². The monoisotopic (exact) mass is 282 g/mol. The summed E-state index contributed by atoms with van der Waals surface area (Å²) < 4.78 is 1.40. The predicted octanol–water partition coefficient (Wildman–Crippen LogP) is 1.77. The first-order chi connectivity index (χ1) is 9.40. The highest BCUT2D eigenvalue weighted by Crippen LogP contribution is 2.16. The molecule has 0 amide bonds. The summed E-state index contributed by atoms with van der Waals surface area (Å²) in [5, 5.41) is 3.14. The molecule has 0 aliphatic rings. The van der Waals surface area contributed by atoms with Gasteiger partial charge in [0.2, 0.25) is 0 Å². The van der Waals surface area contributed by atoms with E-state index in [9.17, 15) is 9.59 Å². The van der Waals surface area contributed by atoms with Crippen molar-refractivity contribution >= 4 is 11.5 Å². The molecule has 1 aromatic heterocycles. The molecule has 0 bridgehead atoms. The quantitative estimate of drug-likeness (QED) is 0.710. The fraction of sp³-hybridized carbons (Fsp3) is 0.714. The van der Waals surface area contributed by atoms with Gasteiger partial charge in [0.15, 0.2) is 0 Å². The lowest BCUT2D eigenvalue weighted by Crippen LogP contribution is -2.35. The number of hydrogen-bond acceptors (Lipinski definition) is 4. The second-order valence-electron chi connectivity index (χ2n) is 5.47. The summed E-state index contributed by atoms with van der Waals surface area (Å²) in [7, 11) is 0. The molecule has 0 radical (unpaired) electrons. The van der Waals surface area contributed by atoms with E-state index in [1.807, 2.05) is 13.8 Å². The summed E-state index contributed by atoms with van der Waals surface area (Å²) >= 11 is 0. The molecule has 1 heterocycles. The lowest BCUT2D eigenvalue weighted by molar-refractivity contribution is 0.483. The molecule has 0 aliphatic heterocycles. The molecule has 1 aromatic rings. The van der Waals surface area contributed by atoms with E-state index in [4.69, 9.17) is 5.73 Å². The SMILES string of the molecule is CCCn1c(N)c(NC(C)CC(C)CC)c(=O)[nH]c1=O. The van der Waals surface area contributed by atoms with Crippen LogP contribution in [0.1, 0.15) is 47.0 Å². The lowest BCUT2D eigenvalue weighted by atomic mass is 10.0. The maximum Gasteiger partial charge on any atom is 0.330 e. The molecule has 2 atom stereocenters. The number of nitrogens with one attached hydrogen (secondary N) is 2. The van der Waals surface area contributed by atoms with Gasteiger partial charge in [-0.25, -0.2) is 4.79 Å². The zero-order valence-corrected chi connectivity index (χ0v) is 12.8. The Hall–Kier alpha value is -1.72. The lowest BCUT2D eigenvalue weighted by Gasteiger charge is -2.20. The first-order valence-corrected chi connectivity index (χ1v) is 7.29. The maximum atomic E-state index is 11.9. The zero-order valence-electron chi connectivity index (χ0n) is 12.8. The van der Waals surface area contributed by atoms with E-state index in [0.717, 1.165) is 19.3 Å². The highest BCUT2D eigenvalue weighted by molar-refractivity contribution is 5.60. The van der Waals surface area contributed by atoms with Crippen molar-refractivity contribution in [3.05, 3.63) is 20.8 Å². The Morgan fingerprint density at radius 1 is 1.30 bits per heavy atom. The van der Waals surface area contributed by atoms with Gasteiger partial charge in [0, 0.05) is 12.6 Å². The Morgan fingerprint density at radius 2 is 1.95 bits per heavy atom. The van der Waals surface area contributed by atoms with Crippen molar-refractivity contribution in [2.75, 3.05) is 11.1 Å². The van der Waals surface area contributed by atoms with Crippen LogP contribution in [0.15, 0.2) is 9.59 Å². The molecule has 1 rings (SSSR count). The van der Waals surface area contributed by atoms with Crippen LogP contribution in [0.3, 0.4) is 0 Å². The van der Waals surface area contributed by atoms with E-state index in [0.29, 0.717) is 18.2 Å². The highest BCUT2D eigenvalue weighted by Gasteiger charge is 2.15. The summed E-state index contributed by atoms with van der Waals surface area (Å²) in [4.78, 5) is 25.9. The van der Waals surface area contributed by atoms with E-state index in [2.05, 4.69) is 24.1 Å². The molecule has 0 spiro atoms. The van der Waals surface area contributed by atoms with Crippen LogP contribution in [-0.4, -0.2) is 15.6 Å². The molecule has 4 N–H and O–H groups in total. The minimum Gasteiger partial charge on any atom is -0.383 e. The second kappa shape index (κ2) is 7.17. The Balaban J connectivity index is 3.03. The number of hydrogen-bond donors (Lipinski definition) is 3. The Morgan fingerprint density at radius 3 is 2.50 bits per heavy atom. The molecule has 0 saturated heterocycles. The predicted molar refractivity (Wildman–Crippen MR) is 83.2 cm³/mol. The summed E-state index contributed by atoms with van der Waals surface area (Å²) in [5.74, 6) is 0.788. The fourth-order valence-electron chi connectivity index (χ4n) is 2.25. The molecule has 20 heavy (non-hydrogen) atoms. The average Bonchev–Trinajstić information content (AvgIpc) is 2.39. The Labute approximate surface area is 119 Å². The summed E-state index contributed by atoms with van der Waals surface area (Å²) in [6, 6.07) is 0.126. The summed E-state index contributed by atoms with van der Waals surface area (Å²) in [5.41, 5.74) is 5.37. The van der Waals surface area contributed by atoms with Crippen molar-refractivity contribution in [2.24, 2.45) is 5.92 Å². The fourth-order valence-corrected chi connectivity index (χ4v) is 2.25. The van der Waals surface area contributed by atoms with Gasteiger partial charge < -0.3 is 11.1 Å². The number of nitrogens with two attached hydrogens (primary N) is 1. The van der Waals surface area contributed by atoms with Crippen molar-refractivity contribution in [3.63, 3.8) is 0 Å². The van der Waals surface area contributed by atoms with Gasteiger partial charge in [0.25, 0.3) is 5.56 Å². The van der Waals surface area contributed by atoms with Gasteiger partial charge in [-0.3, -0.25) is 14.3 Å². The van der Waals surface area contributed by atoms with Gasteiger partial charge in [0.05, 0.1) is 0 Å². The first-order valence-electron chi connectivity index (χ1n) is 7.29. The number of nitrogens with zero attached hydrogens (tertiary/aromatic N) is 1. The van der Waals surface area contributed by atoms with Crippen LogP contribution in [0, 0.1) is 5.92 Å². The summed E-state index contributed by atoms with van der Waals surface area (Å²) in [6.07, 6.45) is 2.81. The van der Waals surface area contributed by atoms with E-state index < -0.39 is 11.2 Å². The molecular weight excluding hydrogens is 256 g/mol. The molecular formula is C14H26N4O2. The smallest absolute Gasteiger partial charge is 0.330 e. The van der Waals surface area contributed by atoms with Crippen molar-refractivity contribution < 1.29 is 0 Å². The minimum absolute atomic E-state index is 0.126. The molecule has 0 aromatic carbocycles. The first kappa shape index (κ1) is 16.3. The maximum absolute atomic E-state index is 11.9. The van der Waals surface area contributed by atoms with Crippen LogP contribution >= 0.6 is 0 Å². The molecule has 0 fully saturated rings. The van der Waals surface area contributed by atoms with E-state index in [1.54, 1.807) is 0 Å². The highest BCUT2D eigenvalue weighted by atomic mass is 16.2. The molecule has 0 aliphatic carbocycles. The third-order valence-corrected chi connectivity index (χ3v) is 3.53. The molecule has 6 heteroatoms. The van der Waals surface area contributed by atoms with E-state index in [-0.39, 0.29) is 11.9 Å². The van der Waals surface area contributed by atoms with Crippen LogP contribution in [0.2, 0.25) is 0 Å². The van der Waals surface area contributed by atoms with Gasteiger partial charge in [0.1, 0.15) is 11.5 Å². The van der Waals surface area contributed by atoms with Crippen LogP contribution in [-0.2, 0) is 6.54 Å². The molecule has 0 saturated carbocycles. The average molecular weight is 282 g/mol. The number of anilines is 2. The van der Waals surface area contributed by atoms with Gasteiger partial charge >= 0.3 is 5.69 Å². The number of aromatic amines is 1. The standard InChI is InChI=1S/C14H26N4O2/c1-5-7-18-12(15)11(13(19)17-14(18)20)16-10(4)8-9(3)6-2/h9-10,16H,5-8,15H2,1-4H3,(H,17,19,20). The van der Waals surface area contributed by atoms with Gasteiger partial charge in [-0.05, 0) is 25.7 Å². The van der Waals surface area contributed by atoms with Gasteiger partial charge in [-0.1, -0.05) is 27.2 Å². The second-order valence-corrected chi connectivity index (χ2v) is 5.47. The number of H-pyrrole nitrogens is 1. The third-order valence-electron chi connectivity index (χ3n) is 3.53.